The Morgan fingerprint density at radius 1 is 1.19 bits per heavy atom. The summed E-state index contributed by atoms with van der Waals surface area (Å²) in [4.78, 5) is 0. The van der Waals surface area contributed by atoms with Crippen LogP contribution in [0.15, 0.2) is 36.7 Å². The smallest absolute Gasteiger partial charge is 0.119 e. The van der Waals surface area contributed by atoms with Gasteiger partial charge in [0.05, 0.1) is 17.8 Å². The number of nitrogens with one attached hydrogen (secondary N) is 1. The summed E-state index contributed by atoms with van der Waals surface area (Å²) in [7, 11) is 0. The van der Waals surface area contributed by atoms with Crippen molar-refractivity contribution in [3.63, 3.8) is 0 Å². The first-order valence-corrected chi connectivity index (χ1v) is 7.39. The maximum Gasteiger partial charge on any atom is 0.119 e. The van der Waals surface area contributed by atoms with Gasteiger partial charge in [0.2, 0.25) is 0 Å². The summed E-state index contributed by atoms with van der Waals surface area (Å²) < 4.78 is 7.62. The van der Waals surface area contributed by atoms with E-state index < -0.39 is 0 Å². The van der Waals surface area contributed by atoms with Crippen LogP contribution in [-0.4, -0.2) is 15.9 Å². The molecule has 0 saturated carbocycles. The number of aromatic nitrogens is 2. The average Bonchev–Trinajstić information content (AvgIpc) is 2.86. The molecule has 0 saturated heterocycles. The fourth-order valence-electron chi connectivity index (χ4n) is 1.95. The van der Waals surface area contributed by atoms with E-state index in [0.29, 0.717) is 0 Å². The van der Waals surface area contributed by atoms with Crippen molar-refractivity contribution in [1.82, 2.24) is 9.78 Å². The van der Waals surface area contributed by atoms with Crippen molar-refractivity contribution < 1.29 is 4.74 Å². The molecular weight excluding hydrogens is 262 g/mol. The van der Waals surface area contributed by atoms with E-state index in [0.717, 1.165) is 18.0 Å². The van der Waals surface area contributed by atoms with Crippen molar-refractivity contribution in [1.29, 1.82) is 0 Å². The lowest BCUT2D eigenvalue weighted by Crippen LogP contribution is -2.21. The molecule has 21 heavy (non-hydrogen) atoms. The third-order valence-electron chi connectivity index (χ3n) is 3.05. The van der Waals surface area contributed by atoms with Gasteiger partial charge in [-0.3, -0.25) is 4.68 Å². The number of anilines is 1. The topological polar surface area (TPSA) is 39.1 Å². The second-order valence-electron chi connectivity index (χ2n) is 6.51. The number of benzene rings is 1. The SMILES string of the molecule is CC(C)Oc1ccc(NCc2cnn(C(C)(C)C)c2)cc1. The zero-order valence-electron chi connectivity index (χ0n) is 13.6. The van der Waals surface area contributed by atoms with Gasteiger partial charge in [0.1, 0.15) is 5.75 Å². The second kappa shape index (κ2) is 6.20. The van der Waals surface area contributed by atoms with Gasteiger partial charge in [0, 0.05) is 24.0 Å². The third kappa shape index (κ3) is 4.52. The number of nitrogens with zero attached hydrogens (tertiary/aromatic N) is 2. The van der Waals surface area contributed by atoms with Crippen LogP contribution < -0.4 is 10.1 Å². The first kappa shape index (κ1) is 15.4. The maximum atomic E-state index is 5.63. The van der Waals surface area contributed by atoms with E-state index in [-0.39, 0.29) is 11.6 Å². The summed E-state index contributed by atoms with van der Waals surface area (Å²) in [5, 5.41) is 7.80. The molecule has 0 unspecified atom stereocenters. The Balaban J connectivity index is 1.92. The predicted octanol–water partition coefficient (Wildman–Crippen LogP) is 4.04. The van der Waals surface area contributed by atoms with Gasteiger partial charge in [-0.15, -0.1) is 0 Å². The van der Waals surface area contributed by atoms with Crippen molar-refractivity contribution >= 4 is 5.69 Å². The molecule has 1 N–H and O–H groups in total. The van der Waals surface area contributed by atoms with E-state index in [1.54, 1.807) is 0 Å². The molecule has 114 valence electrons. The minimum absolute atomic E-state index is 0.0219. The number of hydrogen-bond donors (Lipinski definition) is 1. The Labute approximate surface area is 127 Å². The molecule has 0 aliphatic carbocycles. The van der Waals surface area contributed by atoms with Crippen LogP contribution in [-0.2, 0) is 12.1 Å². The quantitative estimate of drug-likeness (QED) is 0.902. The Morgan fingerprint density at radius 3 is 2.38 bits per heavy atom. The van der Waals surface area contributed by atoms with Crippen molar-refractivity contribution in [2.45, 2.75) is 52.8 Å². The Hall–Kier alpha value is -1.97. The van der Waals surface area contributed by atoms with Crippen LogP contribution in [0, 0.1) is 0 Å². The van der Waals surface area contributed by atoms with E-state index in [4.69, 9.17) is 4.74 Å². The van der Waals surface area contributed by atoms with Gasteiger partial charge in [-0.2, -0.15) is 5.10 Å². The van der Waals surface area contributed by atoms with Crippen LogP contribution in [0.4, 0.5) is 5.69 Å². The lowest BCUT2D eigenvalue weighted by Gasteiger charge is -2.18. The zero-order chi connectivity index (χ0) is 15.5. The van der Waals surface area contributed by atoms with E-state index in [1.807, 2.05) is 49.0 Å². The van der Waals surface area contributed by atoms with Crippen LogP contribution in [0.3, 0.4) is 0 Å². The van der Waals surface area contributed by atoms with Crippen LogP contribution in [0.5, 0.6) is 5.75 Å². The van der Waals surface area contributed by atoms with Gasteiger partial charge in [-0.1, -0.05) is 0 Å². The van der Waals surface area contributed by atoms with Crippen molar-refractivity contribution in [2.24, 2.45) is 0 Å². The molecule has 2 aromatic rings. The highest BCUT2D eigenvalue weighted by molar-refractivity contribution is 5.46. The van der Waals surface area contributed by atoms with Crippen molar-refractivity contribution in [3.05, 3.63) is 42.2 Å². The van der Waals surface area contributed by atoms with Crippen LogP contribution in [0.1, 0.15) is 40.2 Å². The largest absolute Gasteiger partial charge is 0.491 e. The third-order valence-corrected chi connectivity index (χ3v) is 3.05. The standard InChI is InChI=1S/C17H25N3O/c1-13(2)21-16-8-6-15(7-9-16)18-10-14-11-19-20(12-14)17(3,4)5/h6-9,11-13,18H,10H2,1-5H3. The lowest BCUT2D eigenvalue weighted by atomic mass is 10.1. The first-order chi connectivity index (χ1) is 9.84. The molecule has 1 aromatic carbocycles. The van der Waals surface area contributed by atoms with Crippen LogP contribution in [0.25, 0.3) is 0 Å². The first-order valence-electron chi connectivity index (χ1n) is 7.39. The van der Waals surface area contributed by atoms with Gasteiger partial charge >= 0.3 is 0 Å². The highest BCUT2D eigenvalue weighted by Gasteiger charge is 2.13. The number of ether oxygens (including phenoxy) is 1. The Bertz CT molecular complexity index is 564. The molecule has 0 aliphatic rings. The average molecular weight is 287 g/mol. The molecule has 4 nitrogen and oxygen atoms in total. The Morgan fingerprint density at radius 2 is 1.86 bits per heavy atom. The molecule has 0 radical (unpaired) electrons. The molecular formula is C17H25N3O. The fraction of sp³-hybridized carbons (Fsp3) is 0.471. The fourth-order valence-corrected chi connectivity index (χ4v) is 1.95. The molecule has 2 rings (SSSR count). The molecule has 0 fully saturated rings. The van der Waals surface area contributed by atoms with Gasteiger partial charge in [0.25, 0.3) is 0 Å². The molecule has 1 aromatic heterocycles. The molecule has 0 spiro atoms. The van der Waals surface area contributed by atoms with Crippen LogP contribution >= 0.6 is 0 Å². The summed E-state index contributed by atoms with van der Waals surface area (Å²) in [6.45, 7) is 11.2. The molecule has 0 bridgehead atoms. The monoisotopic (exact) mass is 287 g/mol. The molecule has 4 heteroatoms. The lowest BCUT2D eigenvalue weighted by molar-refractivity contribution is 0.242. The summed E-state index contributed by atoms with van der Waals surface area (Å²) in [6.07, 6.45) is 4.20. The van der Waals surface area contributed by atoms with E-state index in [2.05, 4.69) is 37.4 Å². The van der Waals surface area contributed by atoms with E-state index >= 15 is 0 Å². The van der Waals surface area contributed by atoms with Gasteiger partial charge in [-0.25, -0.2) is 0 Å². The Kier molecular flexibility index (Phi) is 4.56. The van der Waals surface area contributed by atoms with E-state index in [1.165, 1.54) is 5.56 Å². The predicted molar refractivity (Wildman–Crippen MR) is 86.8 cm³/mol. The molecule has 0 aliphatic heterocycles. The highest BCUT2D eigenvalue weighted by atomic mass is 16.5. The van der Waals surface area contributed by atoms with Gasteiger partial charge in [0.15, 0.2) is 0 Å². The van der Waals surface area contributed by atoms with Crippen molar-refractivity contribution in [2.75, 3.05) is 5.32 Å². The zero-order valence-corrected chi connectivity index (χ0v) is 13.6. The highest BCUT2D eigenvalue weighted by Crippen LogP contribution is 2.18. The maximum absolute atomic E-state index is 5.63. The summed E-state index contributed by atoms with van der Waals surface area (Å²) in [5.41, 5.74) is 2.27. The van der Waals surface area contributed by atoms with Crippen LogP contribution in [0.2, 0.25) is 0 Å². The second-order valence-corrected chi connectivity index (χ2v) is 6.51. The summed E-state index contributed by atoms with van der Waals surface area (Å²) >= 11 is 0. The minimum Gasteiger partial charge on any atom is -0.491 e. The summed E-state index contributed by atoms with van der Waals surface area (Å²) in [6, 6.07) is 8.04. The molecule has 0 atom stereocenters. The number of hydrogen-bond acceptors (Lipinski definition) is 3. The number of rotatable bonds is 5. The van der Waals surface area contributed by atoms with E-state index in [9.17, 15) is 0 Å². The molecule has 0 amide bonds. The normalized spacial score (nSPS) is 11.7. The minimum atomic E-state index is 0.0219. The summed E-state index contributed by atoms with van der Waals surface area (Å²) in [5.74, 6) is 0.899. The van der Waals surface area contributed by atoms with Crippen molar-refractivity contribution in [3.8, 4) is 5.75 Å². The molecule has 1 heterocycles. The van der Waals surface area contributed by atoms with Gasteiger partial charge < -0.3 is 10.1 Å². The van der Waals surface area contributed by atoms with Gasteiger partial charge in [-0.05, 0) is 58.9 Å².